The second-order valence-corrected chi connectivity index (χ2v) is 6.40. The highest BCUT2D eigenvalue weighted by Crippen LogP contribution is 2.33. The summed E-state index contributed by atoms with van der Waals surface area (Å²) in [7, 11) is 0. The largest absolute Gasteiger partial charge is 0.481 e. The number of carbonyl (C=O) groups excluding carboxylic acids is 2. The first kappa shape index (κ1) is 16.3. The van der Waals surface area contributed by atoms with E-state index in [4.69, 9.17) is 9.84 Å². The first-order valence-electron chi connectivity index (χ1n) is 8.07. The Kier molecular flexibility index (Phi) is 4.42. The summed E-state index contributed by atoms with van der Waals surface area (Å²) < 4.78 is 5.60. The molecule has 0 spiro atoms. The summed E-state index contributed by atoms with van der Waals surface area (Å²) in [6, 6.07) is 7.02. The Morgan fingerprint density at radius 2 is 2.00 bits per heavy atom. The summed E-state index contributed by atoms with van der Waals surface area (Å²) in [5.41, 5.74) is -0.122. The smallest absolute Gasteiger partial charge is 0.305 e. The topological polar surface area (TPSA) is 105 Å². The lowest BCUT2D eigenvalue weighted by Crippen LogP contribution is -2.50. The molecule has 1 aromatic carbocycles. The molecule has 24 heavy (non-hydrogen) atoms. The molecule has 2 aliphatic rings. The zero-order valence-electron chi connectivity index (χ0n) is 13.2. The number of hydrogen-bond donors (Lipinski definition) is 3. The molecule has 7 heteroatoms. The van der Waals surface area contributed by atoms with Crippen molar-refractivity contribution in [1.29, 1.82) is 0 Å². The average Bonchev–Trinajstić information content (AvgIpc) is 2.95. The Hall–Kier alpha value is -2.57. The Morgan fingerprint density at radius 1 is 1.29 bits per heavy atom. The highest BCUT2D eigenvalue weighted by Gasteiger charge is 2.39. The SMILES string of the molecule is O=C(O)CC1(NC(=O)CC2Oc3ccccc3NC2=O)CCCC1. The zero-order valence-corrected chi connectivity index (χ0v) is 13.2. The van der Waals surface area contributed by atoms with Crippen LogP contribution in [-0.4, -0.2) is 34.5 Å². The van der Waals surface area contributed by atoms with E-state index < -0.39 is 17.6 Å². The van der Waals surface area contributed by atoms with Crippen molar-refractivity contribution >= 4 is 23.5 Å². The maximum atomic E-state index is 12.3. The highest BCUT2D eigenvalue weighted by molar-refractivity contribution is 6.00. The maximum absolute atomic E-state index is 12.3. The van der Waals surface area contributed by atoms with E-state index >= 15 is 0 Å². The Labute approximate surface area is 139 Å². The quantitative estimate of drug-likeness (QED) is 0.761. The Morgan fingerprint density at radius 3 is 2.71 bits per heavy atom. The first-order valence-corrected chi connectivity index (χ1v) is 8.07. The van der Waals surface area contributed by atoms with Gasteiger partial charge in [-0.15, -0.1) is 0 Å². The molecule has 0 aromatic heterocycles. The lowest BCUT2D eigenvalue weighted by atomic mass is 9.93. The molecule has 1 heterocycles. The van der Waals surface area contributed by atoms with E-state index in [2.05, 4.69) is 10.6 Å². The van der Waals surface area contributed by atoms with Gasteiger partial charge in [0.2, 0.25) is 5.91 Å². The van der Waals surface area contributed by atoms with E-state index in [1.54, 1.807) is 24.3 Å². The third kappa shape index (κ3) is 3.50. The van der Waals surface area contributed by atoms with Gasteiger partial charge in [0.25, 0.3) is 5.91 Å². The number of benzene rings is 1. The molecule has 7 nitrogen and oxygen atoms in total. The lowest BCUT2D eigenvalue weighted by Gasteiger charge is -2.30. The van der Waals surface area contributed by atoms with Crippen LogP contribution < -0.4 is 15.4 Å². The minimum atomic E-state index is -0.933. The number of para-hydroxylation sites is 2. The van der Waals surface area contributed by atoms with Gasteiger partial charge in [0.15, 0.2) is 6.10 Å². The standard InChI is InChI=1S/C17H20N2O5/c20-14(19-17(10-15(21)22)7-3-4-8-17)9-13-16(23)18-11-5-1-2-6-12(11)24-13/h1-2,5-6,13H,3-4,7-10H2,(H,18,23)(H,19,20)(H,21,22). The predicted molar refractivity (Wildman–Crippen MR) is 85.7 cm³/mol. The average molecular weight is 332 g/mol. The van der Waals surface area contributed by atoms with Crippen molar-refractivity contribution in [2.24, 2.45) is 0 Å². The van der Waals surface area contributed by atoms with Gasteiger partial charge in [-0.3, -0.25) is 14.4 Å². The van der Waals surface area contributed by atoms with Crippen LogP contribution in [0, 0.1) is 0 Å². The van der Waals surface area contributed by atoms with Crippen molar-refractivity contribution in [3.63, 3.8) is 0 Å². The second-order valence-electron chi connectivity index (χ2n) is 6.40. The van der Waals surface area contributed by atoms with E-state index in [0.29, 0.717) is 24.3 Å². The minimum absolute atomic E-state index is 0.0979. The van der Waals surface area contributed by atoms with E-state index in [-0.39, 0.29) is 24.7 Å². The van der Waals surface area contributed by atoms with Crippen LogP contribution in [0.25, 0.3) is 0 Å². The third-order valence-corrected chi connectivity index (χ3v) is 4.53. The molecular weight excluding hydrogens is 312 g/mol. The molecule has 1 aromatic rings. The van der Waals surface area contributed by atoms with Gasteiger partial charge in [0.1, 0.15) is 5.75 Å². The van der Waals surface area contributed by atoms with Crippen molar-refractivity contribution in [2.45, 2.75) is 50.2 Å². The molecule has 1 saturated carbocycles. The zero-order chi connectivity index (χ0) is 17.2. The van der Waals surface area contributed by atoms with Crippen LogP contribution in [0.1, 0.15) is 38.5 Å². The Balaban J connectivity index is 1.64. The first-order chi connectivity index (χ1) is 11.5. The molecule has 1 aliphatic carbocycles. The van der Waals surface area contributed by atoms with Gasteiger partial charge < -0.3 is 20.5 Å². The third-order valence-electron chi connectivity index (χ3n) is 4.53. The van der Waals surface area contributed by atoms with Gasteiger partial charge in [0.05, 0.1) is 24.1 Å². The van der Waals surface area contributed by atoms with E-state index in [1.165, 1.54) is 0 Å². The molecule has 128 valence electrons. The van der Waals surface area contributed by atoms with Crippen LogP contribution in [0.3, 0.4) is 0 Å². The Bertz CT molecular complexity index is 667. The van der Waals surface area contributed by atoms with Gasteiger partial charge in [-0.25, -0.2) is 0 Å². The molecule has 1 unspecified atom stereocenters. The number of amides is 2. The fourth-order valence-electron chi connectivity index (χ4n) is 3.43. The number of aliphatic carboxylic acids is 1. The molecule has 3 N–H and O–H groups in total. The second kappa shape index (κ2) is 6.51. The number of carboxylic acid groups (broad SMARTS) is 1. The van der Waals surface area contributed by atoms with Gasteiger partial charge >= 0.3 is 5.97 Å². The lowest BCUT2D eigenvalue weighted by molar-refractivity contribution is -0.139. The molecule has 1 atom stereocenters. The number of nitrogens with one attached hydrogen (secondary N) is 2. The maximum Gasteiger partial charge on any atom is 0.305 e. The molecule has 3 rings (SSSR count). The van der Waals surface area contributed by atoms with E-state index in [9.17, 15) is 14.4 Å². The van der Waals surface area contributed by atoms with Crippen molar-refractivity contribution in [1.82, 2.24) is 5.32 Å². The molecule has 1 aliphatic heterocycles. The summed E-state index contributed by atoms with van der Waals surface area (Å²) in [4.78, 5) is 35.5. The summed E-state index contributed by atoms with van der Waals surface area (Å²) in [6.45, 7) is 0. The van der Waals surface area contributed by atoms with Crippen LogP contribution in [0.5, 0.6) is 5.75 Å². The fourth-order valence-corrected chi connectivity index (χ4v) is 3.43. The summed E-state index contributed by atoms with van der Waals surface area (Å²) in [5.74, 6) is -1.14. The fraction of sp³-hybridized carbons (Fsp3) is 0.471. The molecular formula is C17H20N2O5. The molecule has 0 radical (unpaired) electrons. The van der Waals surface area contributed by atoms with Gasteiger partial charge in [-0.05, 0) is 25.0 Å². The molecule has 0 saturated heterocycles. The van der Waals surface area contributed by atoms with Crippen molar-refractivity contribution in [3.05, 3.63) is 24.3 Å². The van der Waals surface area contributed by atoms with Crippen LogP contribution in [0.4, 0.5) is 5.69 Å². The monoisotopic (exact) mass is 332 g/mol. The van der Waals surface area contributed by atoms with Crippen LogP contribution in [0.15, 0.2) is 24.3 Å². The van der Waals surface area contributed by atoms with E-state index in [0.717, 1.165) is 12.8 Å². The normalized spacial score (nSPS) is 21.3. The van der Waals surface area contributed by atoms with Gasteiger partial charge in [0, 0.05) is 0 Å². The van der Waals surface area contributed by atoms with Crippen molar-refractivity contribution in [3.8, 4) is 5.75 Å². The number of fused-ring (bicyclic) bond motifs is 1. The number of carbonyl (C=O) groups is 3. The highest BCUT2D eigenvalue weighted by atomic mass is 16.5. The minimum Gasteiger partial charge on any atom is -0.481 e. The molecule has 1 fully saturated rings. The van der Waals surface area contributed by atoms with Crippen LogP contribution in [-0.2, 0) is 14.4 Å². The number of anilines is 1. The van der Waals surface area contributed by atoms with Crippen molar-refractivity contribution < 1.29 is 24.2 Å². The number of ether oxygens (including phenoxy) is 1. The molecule has 0 bridgehead atoms. The number of rotatable bonds is 5. The number of hydrogen-bond acceptors (Lipinski definition) is 4. The van der Waals surface area contributed by atoms with Gasteiger partial charge in [-0.2, -0.15) is 0 Å². The molecule has 2 amide bonds. The number of carboxylic acids is 1. The van der Waals surface area contributed by atoms with Gasteiger partial charge in [-0.1, -0.05) is 25.0 Å². The predicted octanol–water partition coefficient (Wildman–Crippen LogP) is 1.68. The summed E-state index contributed by atoms with van der Waals surface area (Å²) in [5, 5.41) is 14.6. The van der Waals surface area contributed by atoms with E-state index in [1.807, 2.05) is 0 Å². The van der Waals surface area contributed by atoms with Crippen LogP contribution in [0.2, 0.25) is 0 Å². The van der Waals surface area contributed by atoms with Crippen molar-refractivity contribution in [2.75, 3.05) is 5.32 Å². The van der Waals surface area contributed by atoms with Crippen LogP contribution >= 0.6 is 0 Å². The summed E-state index contributed by atoms with van der Waals surface area (Å²) >= 11 is 0. The summed E-state index contributed by atoms with van der Waals surface area (Å²) in [6.07, 6.45) is 1.92.